The fraction of sp³-hybridized carbons (Fsp3) is 0.351. The number of hydrogen-bond acceptors (Lipinski definition) is 10. The number of amides is 4. The Balaban J connectivity index is 0.000000179. The summed E-state index contributed by atoms with van der Waals surface area (Å²) in [7, 11) is 0. The van der Waals surface area contributed by atoms with E-state index in [4.69, 9.17) is 22.3 Å². The largest absolute Gasteiger partial charge is 0.330 e. The minimum atomic E-state index is -0.666. The first kappa shape index (κ1) is 36.7. The number of benzene rings is 2. The molecule has 4 amide bonds. The molecule has 3 aliphatic rings. The van der Waals surface area contributed by atoms with Gasteiger partial charge < -0.3 is 20.7 Å². The van der Waals surface area contributed by atoms with E-state index in [1.165, 1.54) is 15.3 Å². The van der Waals surface area contributed by atoms with Crippen LogP contribution in [-0.4, -0.2) is 67.9 Å². The van der Waals surface area contributed by atoms with E-state index in [2.05, 4.69) is 34.7 Å². The third kappa shape index (κ3) is 7.31. The van der Waals surface area contributed by atoms with Crippen molar-refractivity contribution in [2.75, 3.05) is 11.9 Å². The first-order chi connectivity index (χ1) is 25.0. The molecule has 0 bridgehead atoms. The van der Waals surface area contributed by atoms with Gasteiger partial charge in [-0.3, -0.25) is 34.1 Å². The molecule has 0 saturated carbocycles. The number of nitrogens with two attached hydrogens (primary N) is 1. The number of fused-ring (bicyclic) bond motifs is 4. The van der Waals surface area contributed by atoms with Crippen molar-refractivity contribution in [3.63, 3.8) is 0 Å². The Hall–Kier alpha value is -5.05. The van der Waals surface area contributed by atoms with E-state index < -0.39 is 11.9 Å². The summed E-state index contributed by atoms with van der Waals surface area (Å²) in [6.07, 6.45) is 3.53. The summed E-state index contributed by atoms with van der Waals surface area (Å²) >= 11 is 7.77. The van der Waals surface area contributed by atoms with Crippen molar-refractivity contribution in [2.24, 2.45) is 10.7 Å². The Labute approximate surface area is 309 Å². The second kappa shape index (κ2) is 15.7. The predicted molar refractivity (Wildman–Crippen MR) is 198 cm³/mol. The molecule has 3 aliphatic heterocycles. The zero-order valence-corrected chi connectivity index (χ0v) is 30.6. The Morgan fingerprint density at radius 1 is 1.10 bits per heavy atom. The third-order valence-electron chi connectivity index (χ3n) is 9.39. The van der Waals surface area contributed by atoms with E-state index in [-0.39, 0.29) is 43.1 Å². The van der Waals surface area contributed by atoms with Gasteiger partial charge in [-0.1, -0.05) is 29.8 Å². The first-order valence-corrected chi connectivity index (χ1v) is 18.3. The van der Waals surface area contributed by atoms with Crippen molar-refractivity contribution < 1.29 is 24.0 Å². The summed E-state index contributed by atoms with van der Waals surface area (Å²) in [4.78, 5) is 67.1. The van der Waals surface area contributed by atoms with Gasteiger partial charge in [0.15, 0.2) is 5.82 Å². The van der Waals surface area contributed by atoms with E-state index in [0.29, 0.717) is 53.5 Å². The fourth-order valence-electron chi connectivity index (χ4n) is 6.59. The Morgan fingerprint density at radius 3 is 2.58 bits per heavy atom. The number of carbonyl (C=O) groups is 5. The summed E-state index contributed by atoms with van der Waals surface area (Å²) in [5.74, 6) is 0.357. The van der Waals surface area contributed by atoms with Crippen LogP contribution in [0.1, 0.15) is 93.7 Å². The summed E-state index contributed by atoms with van der Waals surface area (Å²) in [6.45, 7) is 6.92. The Morgan fingerprint density at radius 2 is 1.87 bits per heavy atom. The number of thiophene rings is 1. The zero-order chi connectivity index (χ0) is 37.1. The number of hydrogen-bond donors (Lipinski definition) is 3. The number of aromatic nitrogens is 3. The van der Waals surface area contributed by atoms with Gasteiger partial charge in [-0.2, -0.15) is 0 Å². The molecule has 2 aromatic carbocycles. The highest BCUT2D eigenvalue weighted by atomic mass is 35.5. The second-order valence-corrected chi connectivity index (χ2v) is 14.5. The molecule has 7 rings (SSSR count). The molecule has 52 heavy (non-hydrogen) atoms. The summed E-state index contributed by atoms with van der Waals surface area (Å²) in [5.41, 5.74) is 11.3. The molecule has 15 heteroatoms. The molecule has 1 unspecified atom stereocenters. The molecule has 0 radical (unpaired) electrons. The molecule has 2 aromatic heterocycles. The number of aliphatic imine (C=N–C) groups is 1. The monoisotopic (exact) mass is 742 g/mol. The van der Waals surface area contributed by atoms with Crippen LogP contribution >= 0.6 is 22.9 Å². The van der Waals surface area contributed by atoms with E-state index in [1.54, 1.807) is 29.5 Å². The molecule has 4 N–H and O–H groups in total. The molecule has 0 spiro atoms. The van der Waals surface area contributed by atoms with Crippen molar-refractivity contribution in [2.45, 2.75) is 77.9 Å². The molecular formula is C37H39ClN8O5S. The van der Waals surface area contributed by atoms with Crippen molar-refractivity contribution >= 4 is 64.3 Å². The number of unbranched alkanes of at least 4 members (excludes halogenated alkanes) is 1. The predicted octanol–water partition coefficient (Wildman–Crippen LogP) is 4.90. The topological polar surface area (TPSA) is 182 Å². The number of carbonyl (C=O) groups excluding carboxylic acids is 5. The Bertz CT molecular complexity index is 2090. The van der Waals surface area contributed by atoms with Crippen LogP contribution in [0.4, 0.5) is 5.69 Å². The van der Waals surface area contributed by atoms with Gasteiger partial charge in [-0.05, 0) is 76.4 Å². The smallest absolute Gasteiger partial charge is 0.255 e. The maximum atomic E-state index is 12.7. The van der Waals surface area contributed by atoms with Crippen LogP contribution in [0.25, 0.3) is 5.00 Å². The fourth-order valence-corrected chi connectivity index (χ4v) is 7.93. The zero-order valence-electron chi connectivity index (χ0n) is 29.1. The number of imide groups is 1. The lowest BCUT2D eigenvalue weighted by molar-refractivity contribution is -0.137. The molecule has 5 heterocycles. The van der Waals surface area contributed by atoms with Gasteiger partial charge in [0, 0.05) is 63.6 Å². The van der Waals surface area contributed by atoms with E-state index in [1.807, 2.05) is 35.8 Å². The third-order valence-corrected chi connectivity index (χ3v) is 10.8. The van der Waals surface area contributed by atoms with Crippen molar-refractivity contribution in [1.82, 2.24) is 25.0 Å². The standard InChI is InChI=1S/C19H17ClN4OS.C18H22N4O4/c1-10-11(2)26-19-16(10)17(13-4-6-14(20)7-5-13)21-15(8-9-25)18-23-22-12(3)24(18)19;19-9-2-1-6-15(23)20-13-5-3-4-11-12(13)10-22(18(11)26)14-7-8-16(24)21-17(14)25/h4-7,9,15H,8H2,1-3H3;3-5,14H,1-2,6-10,19H2,(H,20,23)(H,21,24,25)/t15-;/m0./s1. The van der Waals surface area contributed by atoms with Gasteiger partial charge in [0.2, 0.25) is 17.7 Å². The quantitative estimate of drug-likeness (QED) is 0.123. The highest BCUT2D eigenvalue weighted by Crippen LogP contribution is 2.39. The summed E-state index contributed by atoms with van der Waals surface area (Å²) in [5, 5.41) is 15.4. The van der Waals surface area contributed by atoms with E-state index in [9.17, 15) is 24.0 Å². The van der Waals surface area contributed by atoms with Crippen LogP contribution in [0.15, 0.2) is 47.5 Å². The van der Waals surface area contributed by atoms with Gasteiger partial charge in [0.1, 0.15) is 29.2 Å². The molecule has 0 aliphatic carbocycles. The number of aldehydes is 1. The molecular weight excluding hydrogens is 704 g/mol. The summed E-state index contributed by atoms with van der Waals surface area (Å²) < 4.78 is 2.04. The van der Waals surface area contributed by atoms with Crippen molar-refractivity contribution in [3.8, 4) is 5.00 Å². The van der Waals surface area contributed by atoms with Gasteiger partial charge in [-0.25, -0.2) is 0 Å². The van der Waals surface area contributed by atoms with Gasteiger partial charge in [0.25, 0.3) is 5.91 Å². The minimum absolute atomic E-state index is 0.126. The van der Waals surface area contributed by atoms with Crippen LogP contribution < -0.4 is 16.4 Å². The number of aryl methyl sites for hydroxylation is 2. The van der Waals surface area contributed by atoms with Crippen LogP contribution in [0, 0.1) is 20.8 Å². The lowest BCUT2D eigenvalue weighted by Crippen LogP contribution is -2.52. The van der Waals surface area contributed by atoms with E-state index >= 15 is 0 Å². The first-order valence-electron chi connectivity index (χ1n) is 17.1. The molecule has 2 atom stereocenters. The number of nitrogens with zero attached hydrogens (tertiary/aromatic N) is 5. The molecule has 1 saturated heterocycles. The maximum absolute atomic E-state index is 12.7. The van der Waals surface area contributed by atoms with E-state index in [0.717, 1.165) is 40.4 Å². The van der Waals surface area contributed by atoms with Crippen molar-refractivity contribution in [3.05, 3.63) is 91.8 Å². The van der Waals surface area contributed by atoms with Crippen LogP contribution in [0.2, 0.25) is 5.02 Å². The Kier molecular flexibility index (Phi) is 11.1. The van der Waals surface area contributed by atoms with Gasteiger partial charge in [-0.15, -0.1) is 21.5 Å². The van der Waals surface area contributed by atoms with Crippen LogP contribution in [-0.2, 0) is 25.7 Å². The molecule has 1 fully saturated rings. The normalized spacial score (nSPS) is 17.6. The van der Waals surface area contributed by atoms with Gasteiger partial charge >= 0.3 is 0 Å². The molecule has 4 aromatic rings. The maximum Gasteiger partial charge on any atom is 0.255 e. The minimum Gasteiger partial charge on any atom is -0.330 e. The number of piperidine rings is 1. The SMILES string of the molecule is Cc1sc2c(c1C)C(c1ccc(Cl)cc1)=N[C@@H](CC=O)c1nnc(C)n1-2.NCCCCC(=O)Nc1cccc2c1CN(C1CCC(=O)NC1=O)C2=O. The van der Waals surface area contributed by atoms with Crippen LogP contribution in [0.3, 0.4) is 0 Å². The average Bonchev–Trinajstić information content (AvgIpc) is 3.73. The van der Waals surface area contributed by atoms with Crippen molar-refractivity contribution in [1.29, 1.82) is 0 Å². The number of nitrogens with one attached hydrogen (secondary N) is 2. The lowest BCUT2D eigenvalue weighted by Gasteiger charge is -2.29. The highest BCUT2D eigenvalue weighted by Gasteiger charge is 2.40. The highest BCUT2D eigenvalue weighted by molar-refractivity contribution is 7.15. The molecule has 270 valence electrons. The number of anilines is 1. The second-order valence-electron chi connectivity index (χ2n) is 12.8. The number of halogens is 1. The van der Waals surface area contributed by atoms with Gasteiger partial charge in [0.05, 0.1) is 5.71 Å². The van der Waals surface area contributed by atoms with Crippen LogP contribution in [0.5, 0.6) is 0 Å². The molecule has 13 nitrogen and oxygen atoms in total. The summed E-state index contributed by atoms with van der Waals surface area (Å²) in [6, 6.07) is 11.8. The number of rotatable bonds is 9. The average molecular weight is 743 g/mol. The lowest BCUT2D eigenvalue weighted by atomic mass is 10.00.